The Balaban J connectivity index is 1.94. The molecule has 0 unspecified atom stereocenters. The molecule has 1 aromatic carbocycles. The lowest BCUT2D eigenvalue weighted by molar-refractivity contribution is 0.0319. The molecule has 1 aliphatic carbocycles. The first kappa shape index (κ1) is 12.6. The topological polar surface area (TPSA) is 23.5 Å². The Hall–Kier alpha value is -0.860. The van der Waals surface area contributed by atoms with Gasteiger partial charge in [0, 0.05) is 19.6 Å². The van der Waals surface area contributed by atoms with Crippen LogP contribution in [0.2, 0.25) is 0 Å². The lowest BCUT2D eigenvalue weighted by Crippen LogP contribution is -2.39. The molecular weight excluding hydrogens is 210 g/mol. The van der Waals surface area contributed by atoms with Gasteiger partial charge in [0.1, 0.15) is 0 Å². The molecule has 2 nitrogen and oxygen atoms in total. The second-order valence-electron chi connectivity index (χ2n) is 5.91. The Labute approximate surface area is 104 Å². The van der Waals surface area contributed by atoms with E-state index in [1.165, 1.54) is 18.4 Å². The number of hydrogen-bond donors (Lipinski definition) is 1. The fraction of sp³-hybridized carbons (Fsp3) is 0.600. The van der Waals surface area contributed by atoms with E-state index >= 15 is 0 Å². The van der Waals surface area contributed by atoms with Gasteiger partial charge in [-0.1, -0.05) is 30.3 Å². The Kier molecular flexibility index (Phi) is 3.85. The Morgan fingerprint density at radius 2 is 1.88 bits per heavy atom. The fourth-order valence-corrected chi connectivity index (χ4v) is 2.24. The summed E-state index contributed by atoms with van der Waals surface area (Å²) in [6, 6.07) is 10.5. The number of rotatable bonds is 6. The minimum absolute atomic E-state index is 0.607. The average Bonchev–Trinajstić information content (AvgIpc) is 3.00. The molecule has 0 atom stereocenters. The fourth-order valence-electron chi connectivity index (χ4n) is 2.24. The van der Waals surface area contributed by atoms with Crippen molar-refractivity contribution in [1.29, 1.82) is 0 Å². The van der Waals surface area contributed by atoms with Crippen LogP contribution in [0, 0.1) is 5.92 Å². The lowest BCUT2D eigenvalue weighted by atomic mass is 10.1. The van der Waals surface area contributed by atoms with Crippen molar-refractivity contribution in [3.8, 4) is 0 Å². The predicted octanol–water partition coefficient (Wildman–Crippen LogP) is 2.67. The molecule has 0 aromatic heterocycles. The van der Waals surface area contributed by atoms with Gasteiger partial charge >= 0.3 is 0 Å². The second-order valence-corrected chi connectivity index (χ2v) is 5.91. The molecule has 0 aliphatic heterocycles. The van der Waals surface area contributed by atoms with Gasteiger partial charge in [0.2, 0.25) is 0 Å². The van der Waals surface area contributed by atoms with Gasteiger partial charge in [-0.2, -0.15) is 0 Å². The summed E-state index contributed by atoms with van der Waals surface area (Å²) in [6.45, 7) is 6.59. The smallest absolute Gasteiger partial charge is 0.0718 e. The maximum absolute atomic E-state index is 9.96. The molecule has 1 aliphatic rings. The molecule has 0 spiro atoms. The molecule has 1 aromatic rings. The minimum atomic E-state index is -0.607. The van der Waals surface area contributed by atoms with E-state index in [0.29, 0.717) is 0 Å². The summed E-state index contributed by atoms with van der Waals surface area (Å²) in [5.41, 5.74) is 0.723. The largest absolute Gasteiger partial charge is 0.389 e. The van der Waals surface area contributed by atoms with Crippen molar-refractivity contribution < 1.29 is 5.11 Å². The third-order valence-electron chi connectivity index (χ3n) is 3.07. The second kappa shape index (κ2) is 5.19. The van der Waals surface area contributed by atoms with Crippen molar-refractivity contribution in [3.63, 3.8) is 0 Å². The summed E-state index contributed by atoms with van der Waals surface area (Å²) >= 11 is 0. The third-order valence-corrected chi connectivity index (χ3v) is 3.07. The lowest BCUT2D eigenvalue weighted by Gasteiger charge is -2.29. The van der Waals surface area contributed by atoms with Gasteiger partial charge in [-0.15, -0.1) is 0 Å². The van der Waals surface area contributed by atoms with E-state index in [1.807, 2.05) is 19.9 Å². The van der Waals surface area contributed by atoms with Crippen LogP contribution in [0.3, 0.4) is 0 Å². The first-order chi connectivity index (χ1) is 8.03. The molecule has 2 rings (SSSR count). The standard InChI is InChI=1S/C15H23NO/c1-15(2,17)12-16(11-14-8-9-14)10-13-6-4-3-5-7-13/h3-7,14,17H,8-12H2,1-2H3. The molecule has 1 saturated carbocycles. The van der Waals surface area contributed by atoms with E-state index in [9.17, 15) is 5.11 Å². The Bertz CT molecular complexity index is 338. The van der Waals surface area contributed by atoms with E-state index < -0.39 is 5.60 Å². The summed E-state index contributed by atoms with van der Waals surface area (Å²) in [4.78, 5) is 2.38. The molecule has 1 N–H and O–H groups in total. The SMILES string of the molecule is CC(C)(O)CN(Cc1ccccc1)CC1CC1. The molecule has 0 saturated heterocycles. The zero-order chi connectivity index (χ0) is 12.3. The van der Waals surface area contributed by atoms with Crippen molar-refractivity contribution in [1.82, 2.24) is 4.90 Å². The molecule has 2 heteroatoms. The van der Waals surface area contributed by atoms with Crippen LogP contribution in [0.5, 0.6) is 0 Å². The quantitative estimate of drug-likeness (QED) is 0.816. The molecule has 94 valence electrons. The molecular formula is C15H23NO. The van der Waals surface area contributed by atoms with Crippen molar-refractivity contribution >= 4 is 0 Å². The van der Waals surface area contributed by atoms with Gasteiger partial charge in [-0.3, -0.25) is 4.90 Å². The van der Waals surface area contributed by atoms with Crippen LogP contribution in [0.25, 0.3) is 0 Å². The van der Waals surface area contributed by atoms with Gasteiger partial charge in [-0.05, 0) is 38.2 Å². The highest BCUT2D eigenvalue weighted by Gasteiger charge is 2.27. The van der Waals surface area contributed by atoms with Gasteiger partial charge < -0.3 is 5.11 Å². The van der Waals surface area contributed by atoms with Crippen molar-refractivity contribution in [2.45, 2.75) is 38.8 Å². The number of aliphatic hydroxyl groups is 1. The third kappa shape index (κ3) is 4.88. The van der Waals surface area contributed by atoms with Crippen LogP contribution < -0.4 is 0 Å². The Morgan fingerprint density at radius 1 is 1.24 bits per heavy atom. The van der Waals surface area contributed by atoms with Gasteiger partial charge in [-0.25, -0.2) is 0 Å². The van der Waals surface area contributed by atoms with Crippen molar-refractivity contribution in [3.05, 3.63) is 35.9 Å². The van der Waals surface area contributed by atoms with Crippen LogP contribution in [0.1, 0.15) is 32.3 Å². The summed E-state index contributed by atoms with van der Waals surface area (Å²) in [6.07, 6.45) is 2.72. The summed E-state index contributed by atoms with van der Waals surface area (Å²) < 4.78 is 0. The van der Waals surface area contributed by atoms with E-state index in [-0.39, 0.29) is 0 Å². The highest BCUT2D eigenvalue weighted by Crippen LogP contribution is 2.30. The normalized spacial score (nSPS) is 16.5. The zero-order valence-electron chi connectivity index (χ0n) is 10.9. The van der Waals surface area contributed by atoms with E-state index in [0.717, 1.165) is 25.6 Å². The molecule has 17 heavy (non-hydrogen) atoms. The monoisotopic (exact) mass is 233 g/mol. The van der Waals surface area contributed by atoms with Crippen LogP contribution in [0.15, 0.2) is 30.3 Å². The molecule has 0 radical (unpaired) electrons. The van der Waals surface area contributed by atoms with Crippen LogP contribution in [0.4, 0.5) is 0 Å². The highest BCUT2D eigenvalue weighted by atomic mass is 16.3. The average molecular weight is 233 g/mol. The first-order valence-corrected chi connectivity index (χ1v) is 6.51. The zero-order valence-corrected chi connectivity index (χ0v) is 10.9. The van der Waals surface area contributed by atoms with Gasteiger partial charge in [0.25, 0.3) is 0 Å². The van der Waals surface area contributed by atoms with Crippen LogP contribution in [-0.2, 0) is 6.54 Å². The number of hydrogen-bond acceptors (Lipinski definition) is 2. The van der Waals surface area contributed by atoms with Gasteiger partial charge in [0.15, 0.2) is 0 Å². The van der Waals surface area contributed by atoms with Crippen molar-refractivity contribution in [2.75, 3.05) is 13.1 Å². The number of benzene rings is 1. The van der Waals surface area contributed by atoms with Crippen LogP contribution >= 0.6 is 0 Å². The minimum Gasteiger partial charge on any atom is -0.389 e. The maximum atomic E-state index is 9.96. The van der Waals surface area contributed by atoms with Crippen LogP contribution in [-0.4, -0.2) is 28.7 Å². The van der Waals surface area contributed by atoms with E-state index in [4.69, 9.17) is 0 Å². The predicted molar refractivity (Wildman–Crippen MR) is 70.7 cm³/mol. The highest BCUT2D eigenvalue weighted by molar-refractivity contribution is 5.14. The van der Waals surface area contributed by atoms with Gasteiger partial charge in [0.05, 0.1) is 5.60 Å². The Morgan fingerprint density at radius 3 is 2.41 bits per heavy atom. The molecule has 1 fully saturated rings. The summed E-state index contributed by atoms with van der Waals surface area (Å²) in [7, 11) is 0. The van der Waals surface area contributed by atoms with E-state index in [2.05, 4.69) is 29.2 Å². The molecule has 0 bridgehead atoms. The summed E-state index contributed by atoms with van der Waals surface area (Å²) in [5.74, 6) is 0.862. The first-order valence-electron chi connectivity index (χ1n) is 6.51. The van der Waals surface area contributed by atoms with E-state index in [1.54, 1.807) is 0 Å². The molecule has 0 heterocycles. The van der Waals surface area contributed by atoms with Crippen molar-refractivity contribution in [2.24, 2.45) is 5.92 Å². The summed E-state index contributed by atoms with van der Waals surface area (Å²) in [5, 5.41) is 9.96. The maximum Gasteiger partial charge on any atom is 0.0718 e. The number of nitrogens with zero attached hydrogens (tertiary/aromatic N) is 1. The molecule has 0 amide bonds.